The minimum atomic E-state index is -0.0235. The van der Waals surface area contributed by atoms with E-state index in [4.69, 9.17) is 0 Å². The molecule has 0 bridgehead atoms. The van der Waals surface area contributed by atoms with Gasteiger partial charge in [0.25, 0.3) is 0 Å². The van der Waals surface area contributed by atoms with Crippen LogP contribution >= 0.6 is 0 Å². The maximum Gasteiger partial charge on any atom is 0.119 e. The number of hydrogen-bond acceptors (Lipinski definition) is 2. The summed E-state index contributed by atoms with van der Waals surface area (Å²) in [7, 11) is 0. The van der Waals surface area contributed by atoms with Gasteiger partial charge in [0.15, 0.2) is 0 Å². The Balaban J connectivity index is 2.64. The Morgan fingerprint density at radius 3 is 1.42 bits per heavy atom. The molecule has 2 nitrogen and oxygen atoms in total. The number of hydrogen-bond donors (Lipinski definition) is 2. The maximum absolute atomic E-state index is 10.6. The highest BCUT2D eigenvalue weighted by atomic mass is 16.3. The largest absolute Gasteiger partial charge is 0.508 e. The topological polar surface area (TPSA) is 40.5 Å². The van der Waals surface area contributed by atoms with Crippen molar-refractivity contribution in [2.45, 2.75) is 78.1 Å². The van der Waals surface area contributed by atoms with Gasteiger partial charge in [0, 0.05) is 17.0 Å². The second-order valence-electron chi connectivity index (χ2n) is 9.39. The molecule has 0 unspecified atom stereocenters. The van der Waals surface area contributed by atoms with Gasteiger partial charge in [-0.25, -0.2) is 0 Å². The third-order valence-electron chi connectivity index (χ3n) is 5.12. The van der Waals surface area contributed by atoms with Crippen molar-refractivity contribution in [1.29, 1.82) is 0 Å². The molecule has 2 N–H and O–H groups in total. The van der Waals surface area contributed by atoms with E-state index in [1.54, 1.807) is 12.1 Å². The van der Waals surface area contributed by atoms with Gasteiger partial charge in [0.1, 0.15) is 11.5 Å². The summed E-state index contributed by atoms with van der Waals surface area (Å²) in [5.74, 6) is 0.582. The second-order valence-corrected chi connectivity index (χ2v) is 9.39. The monoisotopic (exact) mass is 354 g/mol. The van der Waals surface area contributed by atoms with Gasteiger partial charge < -0.3 is 10.2 Å². The van der Waals surface area contributed by atoms with Gasteiger partial charge in [-0.15, -0.1) is 0 Å². The first-order valence-electron chi connectivity index (χ1n) is 9.62. The third-order valence-corrected chi connectivity index (χ3v) is 5.12. The molecular formula is C24H34O2. The van der Waals surface area contributed by atoms with Crippen LogP contribution in [-0.2, 0) is 10.8 Å². The molecule has 0 aromatic heterocycles. The molecule has 0 radical (unpaired) electrons. The van der Waals surface area contributed by atoms with Crippen molar-refractivity contribution in [2.24, 2.45) is 0 Å². The third kappa shape index (κ3) is 4.41. The molecule has 2 rings (SSSR count). The summed E-state index contributed by atoms with van der Waals surface area (Å²) in [6, 6.07) is 11.8. The molecule has 2 aromatic carbocycles. The predicted molar refractivity (Wildman–Crippen MR) is 110 cm³/mol. The van der Waals surface area contributed by atoms with Crippen molar-refractivity contribution in [3.63, 3.8) is 0 Å². The van der Waals surface area contributed by atoms with Gasteiger partial charge >= 0.3 is 0 Å². The maximum atomic E-state index is 10.6. The zero-order chi connectivity index (χ0) is 19.7. The average Bonchev–Trinajstić information content (AvgIpc) is 2.52. The number of phenols is 2. The highest BCUT2D eigenvalue weighted by molar-refractivity contribution is 5.50. The van der Waals surface area contributed by atoms with Gasteiger partial charge in [-0.3, -0.25) is 0 Å². The molecule has 0 heterocycles. The highest BCUT2D eigenvalue weighted by Crippen LogP contribution is 2.42. The number of aromatic hydroxyl groups is 2. The molecule has 0 spiro atoms. The average molecular weight is 355 g/mol. The summed E-state index contributed by atoms with van der Waals surface area (Å²) in [6.45, 7) is 15.2. The van der Waals surface area contributed by atoms with Crippen LogP contribution < -0.4 is 0 Å². The van der Waals surface area contributed by atoms with Crippen LogP contribution in [0.4, 0.5) is 0 Å². The first-order valence-corrected chi connectivity index (χ1v) is 9.62. The van der Waals surface area contributed by atoms with Crippen LogP contribution in [0, 0.1) is 0 Å². The predicted octanol–water partition coefficient (Wildman–Crippen LogP) is 6.62. The first kappa shape index (κ1) is 20.4. The van der Waals surface area contributed by atoms with Crippen molar-refractivity contribution in [3.8, 4) is 11.5 Å². The van der Waals surface area contributed by atoms with Crippen molar-refractivity contribution in [3.05, 3.63) is 58.7 Å². The number of benzene rings is 2. The molecule has 2 heteroatoms. The van der Waals surface area contributed by atoms with Crippen molar-refractivity contribution in [2.75, 3.05) is 0 Å². The Kier molecular flexibility index (Phi) is 5.75. The van der Waals surface area contributed by atoms with Crippen LogP contribution in [0.5, 0.6) is 11.5 Å². The van der Waals surface area contributed by atoms with E-state index in [2.05, 4.69) is 60.6 Å². The van der Waals surface area contributed by atoms with E-state index in [1.807, 2.05) is 12.1 Å². The van der Waals surface area contributed by atoms with E-state index in [0.717, 1.165) is 24.0 Å². The fourth-order valence-corrected chi connectivity index (χ4v) is 3.37. The van der Waals surface area contributed by atoms with E-state index < -0.39 is 0 Å². The van der Waals surface area contributed by atoms with Gasteiger partial charge in [-0.1, -0.05) is 79.2 Å². The summed E-state index contributed by atoms with van der Waals surface area (Å²) < 4.78 is 0. The molecule has 142 valence electrons. The Morgan fingerprint density at radius 2 is 1.12 bits per heavy atom. The molecule has 2 aromatic rings. The van der Waals surface area contributed by atoms with Crippen molar-refractivity contribution < 1.29 is 10.2 Å². The van der Waals surface area contributed by atoms with Crippen LogP contribution in [0.3, 0.4) is 0 Å². The Morgan fingerprint density at radius 1 is 0.731 bits per heavy atom. The lowest BCUT2D eigenvalue weighted by molar-refractivity contribution is 0.448. The molecule has 0 atom stereocenters. The summed E-state index contributed by atoms with van der Waals surface area (Å²) in [4.78, 5) is 0. The fraction of sp³-hybridized carbons (Fsp3) is 0.500. The van der Waals surface area contributed by atoms with E-state index >= 15 is 0 Å². The lowest BCUT2D eigenvalue weighted by atomic mass is 9.79. The smallest absolute Gasteiger partial charge is 0.119 e. The lowest BCUT2D eigenvalue weighted by Crippen LogP contribution is -2.14. The molecule has 0 aliphatic carbocycles. The molecule has 0 amide bonds. The standard InChI is InChI=1S/C24H34O2/c1-8-9-18(19-14-16(23(2,3)4)10-12-21(19)25)20-15-17(24(5,6)7)11-13-22(20)26/h10-15,18,25-26H,8-9H2,1-7H3. The molecule has 26 heavy (non-hydrogen) atoms. The van der Waals surface area contributed by atoms with Gasteiger partial charge in [-0.2, -0.15) is 0 Å². The molecule has 0 aliphatic rings. The minimum Gasteiger partial charge on any atom is -0.508 e. The Bertz CT molecular complexity index is 697. The molecule has 0 saturated carbocycles. The normalized spacial score (nSPS) is 12.6. The minimum absolute atomic E-state index is 0.00845. The van der Waals surface area contributed by atoms with E-state index in [9.17, 15) is 10.2 Å². The van der Waals surface area contributed by atoms with Gasteiger partial charge in [0.05, 0.1) is 0 Å². The quantitative estimate of drug-likeness (QED) is 0.647. The first-order chi connectivity index (χ1) is 11.9. The molecular weight excluding hydrogens is 320 g/mol. The van der Waals surface area contributed by atoms with Gasteiger partial charge in [-0.05, 0) is 40.5 Å². The van der Waals surface area contributed by atoms with E-state index in [-0.39, 0.29) is 16.7 Å². The Labute approximate surface area is 158 Å². The zero-order valence-electron chi connectivity index (χ0n) is 17.4. The van der Waals surface area contributed by atoms with Crippen LogP contribution in [0.15, 0.2) is 36.4 Å². The second kappa shape index (κ2) is 7.34. The van der Waals surface area contributed by atoms with E-state index in [0.29, 0.717) is 11.5 Å². The summed E-state index contributed by atoms with van der Waals surface area (Å²) in [6.07, 6.45) is 1.85. The molecule has 0 fully saturated rings. The van der Waals surface area contributed by atoms with Gasteiger partial charge in [0.2, 0.25) is 0 Å². The molecule has 0 saturated heterocycles. The molecule has 0 aliphatic heterocycles. The fourth-order valence-electron chi connectivity index (χ4n) is 3.37. The van der Waals surface area contributed by atoms with Crippen LogP contribution in [-0.4, -0.2) is 10.2 Å². The van der Waals surface area contributed by atoms with Crippen LogP contribution in [0.2, 0.25) is 0 Å². The summed E-state index contributed by atoms with van der Waals surface area (Å²) >= 11 is 0. The van der Waals surface area contributed by atoms with E-state index in [1.165, 1.54) is 11.1 Å². The number of rotatable bonds is 4. The van der Waals surface area contributed by atoms with Crippen molar-refractivity contribution >= 4 is 0 Å². The lowest BCUT2D eigenvalue weighted by Gasteiger charge is -2.26. The Hall–Kier alpha value is -1.96. The SMILES string of the molecule is CCCC(c1cc(C(C)(C)C)ccc1O)c1cc(C(C)(C)C)ccc1O. The summed E-state index contributed by atoms with van der Waals surface area (Å²) in [5, 5.41) is 21.2. The van der Waals surface area contributed by atoms with Crippen molar-refractivity contribution in [1.82, 2.24) is 0 Å². The van der Waals surface area contributed by atoms with Crippen LogP contribution in [0.25, 0.3) is 0 Å². The van der Waals surface area contributed by atoms with Crippen LogP contribution in [0.1, 0.15) is 89.5 Å². The zero-order valence-corrected chi connectivity index (χ0v) is 17.4. The summed E-state index contributed by atoms with van der Waals surface area (Å²) in [5.41, 5.74) is 4.21. The number of phenolic OH excluding ortho intramolecular Hbond substituents is 2. The highest BCUT2D eigenvalue weighted by Gasteiger charge is 2.25.